The summed E-state index contributed by atoms with van der Waals surface area (Å²) >= 11 is 0. The van der Waals surface area contributed by atoms with Gasteiger partial charge in [-0.25, -0.2) is 9.59 Å². The highest BCUT2D eigenvalue weighted by atomic mass is 16.4. The standard InChI is InChI=1S/C12H16N2O3/c1-4-13(2)12(17)14(3)10-8-6-5-7-9(10)11(15)16/h5-8H,4H2,1-3H3,(H,15,16). The van der Waals surface area contributed by atoms with Crippen molar-refractivity contribution < 1.29 is 14.7 Å². The molecule has 0 fully saturated rings. The molecule has 0 heterocycles. The highest BCUT2D eigenvalue weighted by Crippen LogP contribution is 2.20. The minimum Gasteiger partial charge on any atom is -0.478 e. The lowest BCUT2D eigenvalue weighted by Crippen LogP contribution is -2.39. The van der Waals surface area contributed by atoms with Crippen LogP contribution in [-0.4, -0.2) is 42.6 Å². The van der Waals surface area contributed by atoms with Crippen molar-refractivity contribution in [2.75, 3.05) is 25.5 Å². The fourth-order valence-electron chi connectivity index (χ4n) is 1.44. The summed E-state index contributed by atoms with van der Waals surface area (Å²) in [4.78, 5) is 25.8. The first-order valence-corrected chi connectivity index (χ1v) is 5.30. The van der Waals surface area contributed by atoms with Crippen molar-refractivity contribution in [2.45, 2.75) is 6.92 Å². The number of anilines is 1. The quantitative estimate of drug-likeness (QED) is 0.871. The number of carboxylic acids is 1. The van der Waals surface area contributed by atoms with Gasteiger partial charge in [0.2, 0.25) is 0 Å². The maximum Gasteiger partial charge on any atom is 0.337 e. The van der Waals surface area contributed by atoms with E-state index in [0.717, 1.165) is 0 Å². The van der Waals surface area contributed by atoms with Crippen LogP contribution in [0, 0.1) is 0 Å². The number of nitrogens with zero attached hydrogens (tertiary/aromatic N) is 2. The van der Waals surface area contributed by atoms with Crippen molar-refractivity contribution in [2.24, 2.45) is 0 Å². The van der Waals surface area contributed by atoms with E-state index in [1.165, 1.54) is 15.9 Å². The number of hydrogen-bond donors (Lipinski definition) is 1. The first-order valence-electron chi connectivity index (χ1n) is 5.30. The Hall–Kier alpha value is -2.04. The summed E-state index contributed by atoms with van der Waals surface area (Å²) in [5, 5.41) is 9.04. The molecule has 1 N–H and O–H groups in total. The molecule has 0 aliphatic rings. The molecule has 17 heavy (non-hydrogen) atoms. The smallest absolute Gasteiger partial charge is 0.337 e. The number of carboxylic acid groups (broad SMARTS) is 1. The van der Waals surface area contributed by atoms with Crippen molar-refractivity contribution in [1.82, 2.24) is 4.90 Å². The average Bonchev–Trinajstić information content (AvgIpc) is 2.35. The molecule has 5 heteroatoms. The first kappa shape index (κ1) is 13.0. The number of carbonyl (C=O) groups is 2. The molecule has 92 valence electrons. The zero-order valence-electron chi connectivity index (χ0n) is 10.2. The van der Waals surface area contributed by atoms with E-state index in [1.54, 1.807) is 32.3 Å². The fraction of sp³-hybridized carbons (Fsp3) is 0.333. The highest BCUT2D eigenvalue weighted by molar-refractivity contribution is 6.00. The molecule has 2 amide bonds. The van der Waals surface area contributed by atoms with E-state index >= 15 is 0 Å². The van der Waals surface area contributed by atoms with Crippen molar-refractivity contribution >= 4 is 17.7 Å². The van der Waals surface area contributed by atoms with E-state index in [4.69, 9.17) is 5.11 Å². The molecule has 0 aromatic heterocycles. The van der Waals surface area contributed by atoms with Gasteiger partial charge in [-0.1, -0.05) is 12.1 Å². The average molecular weight is 236 g/mol. The molecule has 1 rings (SSSR count). The second-order valence-corrected chi connectivity index (χ2v) is 3.68. The Balaban J connectivity index is 3.08. The van der Waals surface area contributed by atoms with Crippen molar-refractivity contribution in [3.05, 3.63) is 29.8 Å². The summed E-state index contributed by atoms with van der Waals surface area (Å²) < 4.78 is 0. The van der Waals surface area contributed by atoms with Gasteiger partial charge in [0.15, 0.2) is 0 Å². The van der Waals surface area contributed by atoms with Crippen LogP contribution >= 0.6 is 0 Å². The SMILES string of the molecule is CCN(C)C(=O)N(C)c1ccccc1C(=O)O. The lowest BCUT2D eigenvalue weighted by Gasteiger charge is -2.24. The van der Waals surface area contributed by atoms with Gasteiger partial charge in [-0.05, 0) is 19.1 Å². The van der Waals surface area contributed by atoms with Gasteiger partial charge < -0.3 is 10.0 Å². The Labute approximate surface area is 100 Å². The maximum atomic E-state index is 11.9. The van der Waals surface area contributed by atoms with Gasteiger partial charge in [0.05, 0.1) is 11.3 Å². The van der Waals surface area contributed by atoms with Crippen molar-refractivity contribution in [1.29, 1.82) is 0 Å². The molecule has 0 saturated heterocycles. The summed E-state index contributed by atoms with van der Waals surface area (Å²) in [6.07, 6.45) is 0. The third kappa shape index (κ3) is 2.75. The van der Waals surface area contributed by atoms with Crippen LogP contribution in [0.2, 0.25) is 0 Å². The van der Waals surface area contributed by atoms with Crippen LogP contribution in [-0.2, 0) is 0 Å². The molecular formula is C12H16N2O3. The van der Waals surface area contributed by atoms with Gasteiger partial charge in [-0.15, -0.1) is 0 Å². The number of benzene rings is 1. The Bertz CT molecular complexity index is 432. The van der Waals surface area contributed by atoms with Crippen molar-refractivity contribution in [3.8, 4) is 0 Å². The molecule has 0 atom stereocenters. The van der Waals surface area contributed by atoms with E-state index in [9.17, 15) is 9.59 Å². The van der Waals surface area contributed by atoms with Gasteiger partial charge >= 0.3 is 12.0 Å². The highest BCUT2D eigenvalue weighted by Gasteiger charge is 2.19. The first-order chi connectivity index (χ1) is 7.99. The monoisotopic (exact) mass is 236 g/mol. The van der Waals surface area contributed by atoms with Crippen LogP contribution < -0.4 is 4.90 Å². The zero-order chi connectivity index (χ0) is 13.0. The normalized spacial score (nSPS) is 9.82. The summed E-state index contributed by atoms with van der Waals surface area (Å²) in [7, 11) is 3.23. The number of urea groups is 1. The molecular weight excluding hydrogens is 220 g/mol. The summed E-state index contributed by atoms with van der Waals surface area (Å²) in [5.74, 6) is -1.04. The number of aromatic carboxylic acids is 1. The van der Waals surface area contributed by atoms with Crippen LogP contribution in [0.5, 0.6) is 0 Å². The number of carbonyl (C=O) groups excluding carboxylic acids is 1. The maximum absolute atomic E-state index is 11.9. The molecule has 0 aliphatic carbocycles. The van der Waals surface area contributed by atoms with E-state index in [-0.39, 0.29) is 11.6 Å². The summed E-state index contributed by atoms with van der Waals surface area (Å²) in [5.41, 5.74) is 0.512. The van der Waals surface area contributed by atoms with Crippen LogP contribution in [0.1, 0.15) is 17.3 Å². The van der Waals surface area contributed by atoms with Gasteiger partial charge in [0, 0.05) is 20.6 Å². The van der Waals surface area contributed by atoms with Crippen LogP contribution in [0.3, 0.4) is 0 Å². The Kier molecular flexibility index (Phi) is 4.09. The largest absolute Gasteiger partial charge is 0.478 e. The minimum atomic E-state index is -1.04. The van der Waals surface area contributed by atoms with Gasteiger partial charge in [0.25, 0.3) is 0 Å². The van der Waals surface area contributed by atoms with E-state index < -0.39 is 5.97 Å². The molecule has 0 spiro atoms. The topological polar surface area (TPSA) is 60.9 Å². The molecule has 0 bridgehead atoms. The molecule has 0 unspecified atom stereocenters. The third-order valence-electron chi connectivity index (χ3n) is 2.58. The lowest BCUT2D eigenvalue weighted by atomic mass is 10.1. The Morgan fingerprint density at radius 2 is 1.82 bits per heavy atom. The van der Waals surface area contributed by atoms with Crippen LogP contribution in [0.4, 0.5) is 10.5 Å². The second-order valence-electron chi connectivity index (χ2n) is 3.68. The van der Waals surface area contributed by atoms with Gasteiger partial charge in [-0.3, -0.25) is 4.90 Å². The molecule has 5 nitrogen and oxygen atoms in total. The van der Waals surface area contributed by atoms with E-state index in [1.807, 2.05) is 6.92 Å². The fourth-order valence-corrected chi connectivity index (χ4v) is 1.44. The number of hydrogen-bond acceptors (Lipinski definition) is 2. The predicted octanol–water partition coefficient (Wildman–Crippen LogP) is 1.89. The lowest BCUT2D eigenvalue weighted by molar-refractivity contribution is 0.0697. The molecule has 1 aromatic rings. The van der Waals surface area contributed by atoms with Crippen LogP contribution in [0.25, 0.3) is 0 Å². The van der Waals surface area contributed by atoms with Crippen molar-refractivity contribution in [3.63, 3.8) is 0 Å². The Morgan fingerprint density at radius 3 is 2.35 bits per heavy atom. The molecule has 0 radical (unpaired) electrons. The molecule has 0 saturated carbocycles. The summed E-state index contributed by atoms with van der Waals surface area (Å²) in [6, 6.07) is 6.20. The van der Waals surface area contributed by atoms with E-state index in [2.05, 4.69) is 0 Å². The van der Waals surface area contributed by atoms with E-state index in [0.29, 0.717) is 12.2 Å². The molecule has 0 aliphatic heterocycles. The number of rotatable bonds is 3. The third-order valence-corrected chi connectivity index (χ3v) is 2.58. The van der Waals surface area contributed by atoms with Gasteiger partial charge in [0.1, 0.15) is 0 Å². The number of amides is 2. The second kappa shape index (κ2) is 5.34. The van der Waals surface area contributed by atoms with Crippen LogP contribution in [0.15, 0.2) is 24.3 Å². The van der Waals surface area contributed by atoms with Gasteiger partial charge in [-0.2, -0.15) is 0 Å². The predicted molar refractivity (Wildman–Crippen MR) is 65.5 cm³/mol. The molecule has 1 aromatic carbocycles. The minimum absolute atomic E-state index is 0.118. The zero-order valence-corrected chi connectivity index (χ0v) is 10.2. The Morgan fingerprint density at radius 1 is 1.24 bits per heavy atom. The summed E-state index contributed by atoms with van der Waals surface area (Å²) in [6.45, 7) is 2.42. The number of para-hydroxylation sites is 1.